The van der Waals surface area contributed by atoms with Crippen LogP contribution in [0.4, 0.5) is 0 Å². The highest BCUT2D eigenvalue weighted by Crippen LogP contribution is 2.36. The highest BCUT2D eigenvalue weighted by Gasteiger charge is 2.15. The van der Waals surface area contributed by atoms with Crippen LogP contribution >= 0.6 is 11.6 Å². The zero-order valence-electron chi connectivity index (χ0n) is 13.9. The standard InChI is InChI=1S/C17H22ClN3O3/c1-3-9-24-16-14(18)10-13(11-15(16)23-2)17(22)20-5-4-7-21-8-6-19-12-21/h6,8,10-12H,3-5,7,9H2,1-2H3,(H,20,22). The molecule has 0 spiro atoms. The Labute approximate surface area is 146 Å². The van der Waals surface area contributed by atoms with Crippen molar-refractivity contribution in [3.63, 3.8) is 0 Å². The zero-order valence-corrected chi connectivity index (χ0v) is 14.7. The summed E-state index contributed by atoms with van der Waals surface area (Å²) in [5.74, 6) is 0.736. The summed E-state index contributed by atoms with van der Waals surface area (Å²) in [6.45, 7) is 3.90. The van der Waals surface area contributed by atoms with Gasteiger partial charge in [0.25, 0.3) is 5.91 Å². The Kier molecular flexibility index (Phi) is 6.93. The molecule has 1 aromatic heterocycles. The van der Waals surface area contributed by atoms with Gasteiger partial charge in [0.05, 0.1) is 25.1 Å². The first-order valence-electron chi connectivity index (χ1n) is 7.90. The number of rotatable bonds is 9. The molecule has 24 heavy (non-hydrogen) atoms. The summed E-state index contributed by atoms with van der Waals surface area (Å²) in [5.41, 5.74) is 0.448. The topological polar surface area (TPSA) is 65.4 Å². The average Bonchev–Trinajstić information content (AvgIpc) is 3.10. The zero-order chi connectivity index (χ0) is 17.4. The smallest absolute Gasteiger partial charge is 0.251 e. The van der Waals surface area contributed by atoms with Gasteiger partial charge in [0, 0.05) is 31.0 Å². The molecule has 0 unspecified atom stereocenters. The highest BCUT2D eigenvalue weighted by molar-refractivity contribution is 6.32. The van der Waals surface area contributed by atoms with Gasteiger partial charge in [-0.3, -0.25) is 4.79 Å². The van der Waals surface area contributed by atoms with Crippen LogP contribution in [0.5, 0.6) is 11.5 Å². The van der Waals surface area contributed by atoms with Crippen molar-refractivity contribution in [1.29, 1.82) is 0 Å². The van der Waals surface area contributed by atoms with Crippen LogP contribution in [0.1, 0.15) is 30.1 Å². The van der Waals surface area contributed by atoms with Crippen LogP contribution in [0.15, 0.2) is 30.9 Å². The molecule has 0 saturated heterocycles. The molecule has 7 heteroatoms. The number of carbonyl (C=O) groups is 1. The van der Waals surface area contributed by atoms with Gasteiger partial charge in [-0.25, -0.2) is 4.98 Å². The molecule has 0 bridgehead atoms. The summed E-state index contributed by atoms with van der Waals surface area (Å²) >= 11 is 6.23. The van der Waals surface area contributed by atoms with Crippen molar-refractivity contribution in [2.75, 3.05) is 20.3 Å². The monoisotopic (exact) mass is 351 g/mol. The molecule has 2 rings (SSSR count). The third-order valence-corrected chi connectivity index (χ3v) is 3.66. The van der Waals surface area contributed by atoms with Gasteiger partial charge in [0.1, 0.15) is 0 Å². The van der Waals surface area contributed by atoms with E-state index in [2.05, 4.69) is 10.3 Å². The Morgan fingerprint density at radius 2 is 2.25 bits per heavy atom. The second-order valence-electron chi connectivity index (χ2n) is 5.25. The van der Waals surface area contributed by atoms with Crippen LogP contribution in [0.3, 0.4) is 0 Å². The van der Waals surface area contributed by atoms with Crippen molar-refractivity contribution < 1.29 is 14.3 Å². The van der Waals surface area contributed by atoms with Crippen LogP contribution in [-0.4, -0.2) is 35.7 Å². The first-order valence-corrected chi connectivity index (χ1v) is 8.27. The van der Waals surface area contributed by atoms with E-state index in [1.165, 1.54) is 7.11 Å². The second kappa shape index (κ2) is 9.17. The van der Waals surface area contributed by atoms with Crippen LogP contribution in [0, 0.1) is 0 Å². The number of halogens is 1. The predicted molar refractivity (Wildman–Crippen MR) is 93.0 cm³/mol. The molecular formula is C17H22ClN3O3. The molecule has 0 radical (unpaired) electrons. The van der Waals surface area contributed by atoms with Crippen molar-refractivity contribution in [3.05, 3.63) is 41.4 Å². The SMILES string of the molecule is CCCOc1c(Cl)cc(C(=O)NCCCn2ccnc2)cc1OC. The number of aryl methyl sites for hydroxylation is 1. The number of imidazole rings is 1. The molecule has 1 heterocycles. The summed E-state index contributed by atoms with van der Waals surface area (Å²) in [7, 11) is 1.53. The third kappa shape index (κ3) is 4.89. The van der Waals surface area contributed by atoms with Crippen LogP contribution in [0.25, 0.3) is 0 Å². The maximum absolute atomic E-state index is 12.3. The lowest BCUT2D eigenvalue weighted by Crippen LogP contribution is -2.25. The molecule has 2 aromatic rings. The van der Waals surface area contributed by atoms with Crippen molar-refractivity contribution in [2.45, 2.75) is 26.3 Å². The van der Waals surface area contributed by atoms with Gasteiger partial charge in [0.2, 0.25) is 0 Å². The molecule has 130 valence electrons. The fourth-order valence-electron chi connectivity index (χ4n) is 2.18. The third-order valence-electron chi connectivity index (χ3n) is 3.38. The molecule has 1 aromatic carbocycles. The number of nitrogens with one attached hydrogen (secondary N) is 1. The van der Waals surface area contributed by atoms with E-state index in [-0.39, 0.29) is 5.91 Å². The lowest BCUT2D eigenvalue weighted by molar-refractivity contribution is 0.0952. The van der Waals surface area contributed by atoms with E-state index in [1.807, 2.05) is 17.7 Å². The minimum absolute atomic E-state index is 0.192. The lowest BCUT2D eigenvalue weighted by atomic mass is 10.2. The van der Waals surface area contributed by atoms with Crippen LogP contribution < -0.4 is 14.8 Å². The van der Waals surface area contributed by atoms with Crippen LogP contribution in [-0.2, 0) is 6.54 Å². The van der Waals surface area contributed by atoms with E-state index in [4.69, 9.17) is 21.1 Å². The van der Waals surface area contributed by atoms with E-state index >= 15 is 0 Å². The van der Waals surface area contributed by atoms with Crippen molar-refractivity contribution >= 4 is 17.5 Å². The Morgan fingerprint density at radius 1 is 1.42 bits per heavy atom. The Balaban J connectivity index is 1.94. The first-order chi connectivity index (χ1) is 11.7. The largest absolute Gasteiger partial charge is 0.493 e. The fourth-order valence-corrected chi connectivity index (χ4v) is 2.44. The van der Waals surface area contributed by atoms with E-state index in [1.54, 1.807) is 24.7 Å². The van der Waals surface area contributed by atoms with E-state index in [0.29, 0.717) is 35.2 Å². The van der Waals surface area contributed by atoms with Crippen LogP contribution in [0.2, 0.25) is 5.02 Å². The summed E-state index contributed by atoms with van der Waals surface area (Å²) in [4.78, 5) is 16.2. The summed E-state index contributed by atoms with van der Waals surface area (Å²) in [6.07, 6.45) is 7.04. The molecule has 1 amide bonds. The molecule has 1 N–H and O–H groups in total. The maximum Gasteiger partial charge on any atom is 0.251 e. The number of hydrogen-bond acceptors (Lipinski definition) is 4. The van der Waals surface area contributed by atoms with Gasteiger partial charge >= 0.3 is 0 Å². The minimum Gasteiger partial charge on any atom is -0.493 e. The van der Waals surface area contributed by atoms with Gasteiger partial charge in [-0.05, 0) is 25.0 Å². The second-order valence-corrected chi connectivity index (χ2v) is 5.66. The van der Waals surface area contributed by atoms with Gasteiger partial charge in [-0.15, -0.1) is 0 Å². The molecule has 0 aliphatic rings. The number of amides is 1. The van der Waals surface area contributed by atoms with E-state index in [0.717, 1.165) is 19.4 Å². The number of methoxy groups -OCH3 is 1. The van der Waals surface area contributed by atoms with Gasteiger partial charge in [-0.2, -0.15) is 0 Å². The molecule has 0 fully saturated rings. The first kappa shape index (κ1) is 18.1. The lowest BCUT2D eigenvalue weighted by Gasteiger charge is -2.14. The predicted octanol–water partition coefficient (Wildman–Crippen LogP) is 3.15. The molecular weight excluding hydrogens is 330 g/mol. The number of hydrogen-bond donors (Lipinski definition) is 1. The van der Waals surface area contributed by atoms with Gasteiger partial charge in [0.15, 0.2) is 11.5 Å². The fraction of sp³-hybridized carbons (Fsp3) is 0.412. The maximum atomic E-state index is 12.3. The van der Waals surface area contributed by atoms with Crippen molar-refractivity contribution in [2.24, 2.45) is 0 Å². The van der Waals surface area contributed by atoms with E-state index in [9.17, 15) is 4.79 Å². The van der Waals surface area contributed by atoms with Crippen molar-refractivity contribution in [1.82, 2.24) is 14.9 Å². The number of carbonyl (C=O) groups excluding carboxylic acids is 1. The summed E-state index contributed by atoms with van der Waals surface area (Å²) in [6, 6.07) is 3.24. The number of aromatic nitrogens is 2. The molecule has 6 nitrogen and oxygen atoms in total. The molecule has 0 saturated carbocycles. The summed E-state index contributed by atoms with van der Waals surface area (Å²) < 4.78 is 12.8. The minimum atomic E-state index is -0.192. The van der Waals surface area contributed by atoms with Gasteiger partial charge < -0.3 is 19.4 Å². The van der Waals surface area contributed by atoms with Crippen molar-refractivity contribution in [3.8, 4) is 11.5 Å². The van der Waals surface area contributed by atoms with Gasteiger partial charge in [-0.1, -0.05) is 18.5 Å². The Morgan fingerprint density at radius 3 is 2.92 bits per heavy atom. The average molecular weight is 352 g/mol. The molecule has 0 aliphatic carbocycles. The number of nitrogens with zero attached hydrogens (tertiary/aromatic N) is 2. The number of benzene rings is 1. The van der Waals surface area contributed by atoms with E-state index < -0.39 is 0 Å². The Bertz CT molecular complexity index is 659. The highest BCUT2D eigenvalue weighted by atomic mass is 35.5. The summed E-state index contributed by atoms with van der Waals surface area (Å²) in [5, 5.41) is 3.24. The molecule has 0 atom stereocenters. The molecule has 0 aliphatic heterocycles. The number of ether oxygens (including phenoxy) is 2. The Hall–Kier alpha value is -2.21. The normalized spacial score (nSPS) is 10.5. The quantitative estimate of drug-likeness (QED) is 0.705.